The Hall–Kier alpha value is -2.08. The first-order valence-electron chi connectivity index (χ1n) is 10.6. The number of hydrogen-bond donors (Lipinski definition) is 4. The van der Waals surface area contributed by atoms with Gasteiger partial charge in [0.1, 0.15) is 6.04 Å². The molecule has 2 rings (SSSR count). The van der Waals surface area contributed by atoms with E-state index in [2.05, 4.69) is 40.3 Å². The number of urea groups is 1. The lowest BCUT2D eigenvalue weighted by Crippen LogP contribution is -2.55. The smallest absolute Gasteiger partial charge is 0.315 e. The summed E-state index contributed by atoms with van der Waals surface area (Å²) in [4.78, 5) is 24.9. The number of rotatable bonds is 12. The molecule has 0 bridgehead atoms. The van der Waals surface area contributed by atoms with Gasteiger partial charge in [-0.25, -0.2) is 4.79 Å². The maximum absolute atomic E-state index is 12.5. The van der Waals surface area contributed by atoms with Gasteiger partial charge in [-0.3, -0.25) is 4.79 Å². The van der Waals surface area contributed by atoms with Gasteiger partial charge in [-0.05, 0) is 18.4 Å². The van der Waals surface area contributed by atoms with Crippen molar-refractivity contribution in [1.82, 2.24) is 21.3 Å². The number of benzene rings is 1. The van der Waals surface area contributed by atoms with Crippen LogP contribution in [0.5, 0.6) is 0 Å². The number of nitrogens with one attached hydrogen (secondary N) is 4. The SMILES string of the molecule is CCCCCCNC(=O)[C@H](CNC(C)C)NC(=O)N[C@H]1C[C@@H]1c1ccccc1. The molecule has 1 saturated carbocycles. The summed E-state index contributed by atoms with van der Waals surface area (Å²) in [7, 11) is 0. The second-order valence-corrected chi connectivity index (χ2v) is 7.94. The number of amides is 3. The minimum absolute atomic E-state index is 0.129. The van der Waals surface area contributed by atoms with E-state index in [1.54, 1.807) is 0 Å². The number of hydrogen-bond acceptors (Lipinski definition) is 3. The molecule has 0 aromatic heterocycles. The standard InChI is InChI=1S/C22H36N4O2/c1-4-5-6-10-13-23-21(27)20(15-24-16(2)3)26-22(28)25-19-14-18(19)17-11-8-7-9-12-17/h7-9,11-12,16,18-20,24H,4-6,10,13-15H2,1-3H3,(H,23,27)(H2,25,26,28)/t18-,19+,20+/m1/s1. The van der Waals surface area contributed by atoms with Crippen molar-refractivity contribution in [2.24, 2.45) is 0 Å². The van der Waals surface area contributed by atoms with Crippen LogP contribution in [-0.4, -0.2) is 43.2 Å². The molecule has 6 nitrogen and oxygen atoms in total. The largest absolute Gasteiger partial charge is 0.354 e. The average molecular weight is 389 g/mol. The molecule has 3 atom stereocenters. The molecule has 1 aromatic carbocycles. The van der Waals surface area contributed by atoms with Crippen LogP contribution in [0.4, 0.5) is 4.79 Å². The van der Waals surface area contributed by atoms with Crippen LogP contribution in [0.25, 0.3) is 0 Å². The van der Waals surface area contributed by atoms with Crippen molar-refractivity contribution in [2.75, 3.05) is 13.1 Å². The Morgan fingerprint density at radius 1 is 1.11 bits per heavy atom. The van der Waals surface area contributed by atoms with Crippen LogP contribution in [0.1, 0.15) is 64.4 Å². The summed E-state index contributed by atoms with van der Waals surface area (Å²) in [6.45, 7) is 7.28. The van der Waals surface area contributed by atoms with Gasteiger partial charge in [0, 0.05) is 31.1 Å². The van der Waals surface area contributed by atoms with Crippen LogP contribution >= 0.6 is 0 Å². The Morgan fingerprint density at radius 2 is 1.86 bits per heavy atom. The van der Waals surface area contributed by atoms with E-state index in [4.69, 9.17) is 0 Å². The Morgan fingerprint density at radius 3 is 2.54 bits per heavy atom. The van der Waals surface area contributed by atoms with Gasteiger partial charge >= 0.3 is 6.03 Å². The predicted molar refractivity (Wildman–Crippen MR) is 113 cm³/mol. The average Bonchev–Trinajstić information content (AvgIpc) is 3.44. The van der Waals surface area contributed by atoms with Gasteiger partial charge in [-0.1, -0.05) is 70.4 Å². The molecule has 156 valence electrons. The van der Waals surface area contributed by atoms with E-state index in [1.165, 1.54) is 18.4 Å². The molecule has 0 saturated heterocycles. The van der Waals surface area contributed by atoms with Crippen LogP contribution < -0.4 is 21.3 Å². The summed E-state index contributed by atoms with van der Waals surface area (Å²) < 4.78 is 0. The molecular weight excluding hydrogens is 352 g/mol. The molecule has 6 heteroatoms. The van der Waals surface area contributed by atoms with Gasteiger partial charge in [0.25, 0.3) is 0 Å². The Balaban J connectivity index is 1.78. The molecule has 0 heterocycles. The van der Waals surface area contributed by atoms with Gasteiger partial charge < -0.3 is 21.3 Å². The van der Waals surface area contributed by atoms with Crippen LogP contribution in [-0.2, 0) is 4.79 Å². The van der Waals surface area contributed by atoms with Crippen LogP contribution in [0.2, 0.25) is 0 Å². The molecule has 4 N–H and O–H groups in total. The van der Waals surface area contributed by atoms with Crippen molar-refractivity contribution in [3.8, 4) is 0 Å². The number of unbranched alkanes of at least 4 members (excludes halogenated alkanes) is 3. The van der Waals surface area contributed by atoms with Gasteiger partial charge in [0.15, 0.2) is 0 Å². The molecule has 1 fully saturated rings. The lowest BCUT2D eigenvalue weighted by Gasteiger charge is -2.20. The van der Waals surface area contributed by atoms with Crippen LogP contribution in [0.3, 0.4) is 0 Å². The van der Waals surface area contributed by atoms with Crippen molar-refractivity contribution in [3.05, 3.63) is 35.9 Å². The molecule has 0 radical (unpaired) electrons. The zero-order chi connectivity index (χ0) is 20.4. The molecule has 0 aliphatic heterocycles. The third kappa shape index (κ3) is 7.89. The van der Waals surface area contributed by atoms with Crippen LogP contribution in [0.15, 0.2) is 30.3 Å². The predicted octanol–water partition coefficient (Wildman–Crippen LogP) is 2.90. The highest BCUT2D eigenvalue weighted by molar-refractivity contribution is 5.87. The van der Waals surface area contributed by atoms with Gasteiger partial charge in [-0.15, -0.1) is 0 Å². The topological polar surface area (TPSA) is 82.3 Å². The third-order valence-electron chi connectivity index (χ3n) is 5.02. The minimum atomic E-state index is -0.581. The Kier molecular flexibility index (Phi) is 9.28. The zero-order valence-electron chi connectivity index (χ0n) is 17.5. The molecule has 1 aliphatic carbocycles. The van der Waals surface area contributed by atoms with E-state index >= 15 is 0 Å². The summed E-state index contributed by atoms with van der Waals surface area (Å²) >= 11 is 0. The Labute approximate surface area is 169 Å². The Bertz CT molecular complexity index is 606. The lowest BCUT2D eigenvalue weighted by atomic mass is 10.1. The second kappa shape index (κ2) is 11.7. The maximum atomic E-state index is 12.5. The van der Waals surface area contributed by atoms with E-state index in [1.807, 2.05) is 32.0 Å². The summed E-state index contributed by atoms with van der Waals surface area (Å²) in [5, 5.41) is 12.0. The van der Waals surface area contributed by atoms with Crippen molar-refractivity contribution in [2.45, 2.75) is 76.9 Å². The van der Waals surface area contributed by atoms with Crippen molar-refractivity contribution in [1.29, 1.82) is 0 Å². The van der Waals surface area contributed by atoms with E-state index < -0.39 is 6.04 Å². The fourth-order valence-electron chi connectivity index (χ4n) is 3.24. The quantitative estimate of drug-likeness (QED) is 0.416. The van der Waals surface area contributed by atoms with Crippen molar-refractivity contribution >= 4 is 11.9 Å². The monoisotopic (exact) mass is 388 g/mol. The van der Waals surface area contributed by atoms with E-state index in [-0.39, 0.29) is 24.0 Å². The first kappa shape index (κ1) is 22.2. The fraction of sp³-hybridized carbons (Fsp3) is 0.636. The van der Waals surface area contributed by atoms with E-state index in [0.717, 1.165) is 19.3 Å². The molecular formula is C22H36N4O2. The molecule has 1 aliphatic rings. The summed E-state index contributed by atoms with van der Waals surface area (Å²) in [5.74, 6) is 0.238. The van der Waals surface area contributed by atoms with Crippen molar-refractivity contribution < 1.29 is 9.59 Å². The zero-order valence-corrected chi connectivity index (χ0v) is 17.5. The lowest BCUT2D eigenvalue weighted by molar-refractivity contribution is -0.122. The first-order chi connectivity index (χ1) is 13.5. The highest BCUT2D eigenvalue weighted by Crippen LogP contribution is 2.40. The molecule has 3 amide bonds. The molecule has 1 aromatic rings. The molecule has 0 spiro atoms. The minimum Gasteiger partial charge on any atom is -0.354 e. The highest BCUT2D eigenvalue weighted by atomic mass is 16.2. The second-order valence-electron chi connectivity index (χ2n) is 7.94. The van der Waals surface area contributed by atoms with E-state index in [0.29, 0.717) is 19.0 Å². The summed E-state index contributed by atoms with van der Waals surface area (Å²) in [6.07, 6.45) is 5.37. The van der Waals surface area contributed by atoms with Gasteiger partial charge in [-0.2, -0.15) is 0 Å². The number of carbonyl (C=O) groups excluding carboxylic acids is 2. The first-order valence-corrected chi connectivity index (χ1v) is 10.6. The van der Waals surface area contributed by atoms with Crippen molar-refractivity contribution in [3.63, 3.8) is 0 Å². The number of carbonyl (C=O) groups is 2. The summed E-state index contributed by atoms with van der Waals surface area (Å²) in [6, 6.07) is 9.73. The normalized spacial score (nSPS) is 19.1. The third-order valence-corrected chi connectivity index (χ3v) is 5.02. The fourth-order valence-corrected chi connectivity index (χ4v) is 3.24. The maximum Gasteiger partial charge on any atom is 0.315 e. The van der Waals surface area contributed by atoms with Crippen LogP contribution in [0, 0.1) is 0 Å². The molecule has 28 heavy (non-hydrogen) atoms. The van der Waals surface area contributed by atoms with E-state index in [9.17, 15) is 9.59 Å². The molecule has 0 unspecified atom stereocenters. The van der Waals surface area contributed by atoms with Gasteiger partial charge in [0.2, 0.25) is 5.91 Å². The summed E-state index contributed by atoms with van der Waals surface area (Å²) in [5.41, 5.74) is 1.25. The van der Waals surface area contributed by atoms with Gasteiger partial charge in [0.05, 0.1) is 0 Å². The highest BCUT2D eigenvalue weighted by Gasteiger charge is 2.39.